The van der Waals surface area contributed by atoms with Crippen molar-refractivity contribution in [2.24, 2.45) is 5.92 Å². The molecule has 1 saturated carbocycles. The topological polar surface area (TPSA) is 58.2 Å². The Morgan fingerprint density at radius 3 is 2.59 bits per heavy atom. The summed E-state index contributed by atoms with van der Waals surface area (Å²) in [6, 6.07) is 0. The second-order valence-electron chi connectivity index (χ2n) is 5.58. The molecule has 2 aliphatic rings. The Balaban J connectivity index is 1.89. The van der Waals surface area contributed by atoms with Gasteiger partial charge in [0, 0.05) is 5.54 Å². The summed E-state index contributed by atoms with van der Waals surface area (Å²) in [7, 11) is -3.10. The Labute approximate surface area is 105 Å². The Morgan fingerprint density at radius 1 is 1.35 bits per heavy atom. The molecule has 100 valence electrons. The Kier molecular flexibility index (Phi) is 4.10. The molecular formula is C12H24N2O2S. The van der Waals surface area contributed by atoms with E-state index in [1.807, 2.05) is 0 Å². The third kappa shape index (κ3) is 3.42. The van der Waals surface area contributed by atoms with Gasteiger partial charge in [0.1, 0.15) is 0 Å². The van der Waals surface area contributed by atoms with Crippen molar-refractivity contribution in [3.8, 4) is 0 Å². The van der Waals surface area contributed by atoms with E-state index in [9.17, 15) is 8.42 Å². The van der Waals surface area contributed by atoms with Crippen LogP contribution in [0.4, 0.5) is 0 Å². The molecule has 1 saturated heterocycles. The second-order valence-corrected chi connectivity index (χ2v) is 7.35. The monoisotopic (exact) mass is 260 g/mol. The normalized spacial score (nSPS) is 28.6. The SMILES string of the molecule is CCC1(NS(=O)(=O)CC2CCCNC2)CCC1. The fraction of sp³-hybridized carbons (Fsp3) is 1.00. The van der Waals surface area contributed by atoms with Gasteiger partial charge in [-0.1, -0.05) is 6.92 Å². The van der Waals surface area contributed by atoms with Gasteiger partial charge in [-0.05, 0) is 57.5 Å². The predicted octanol–water partition coefficient (Wildman–Crippen LogP) is 1.24. The number of hydrogen-bond donors (Lipinski definition) is 2. The summed E-state index contributed by atoms with van der Waals surface area (Å²) in [5.41, 5.74) is -0.110. The molecule has 1 aliphatic carbocycles. The zero-order valence-electron chi connectivity index (χ0n) is 10.7. The van der Waals surface area contributed by atoms with Gasteiger partial charge in [-0.25, -0.2) is 13.1 Å². The second kappa shape index (κ2) is 5.24. The van der Waals surface area contributed by atoms with E-state index in [-0.39, 0.29) is 11.5 Å². The van der Waals surface area contributed by atoms with Crippen molar-refractivity contribution >= 4 is 10.0 Å². The van der Waals surface area contributed by atoms with Gasteiger partial charge < -0.3 is 5.32 Å². The Hall–Kier alpha value is -0.130. The van der Waals surface area contributed by atoms with Gasteiger partial charge in [0.05, 0.1) is 5.75 Å². The van der Waals surface area contributed by atoms with Gasteiger partial charge in [0.25, 0.3) is 0 Å². The van der Waals surface area contributed by atoms with Crippen molar-refractivity contribution in [2.75, 3.05) is 18.8 Å². The van der Waals surface area contributed by atoms with Crippen LogP contribution < -0.4 is 10.0 Å². The average molecular weight is 260 g/mol. The van der Waals surface area contributed by atoms with Crippen LogP contribution in [0.5, 0.6) is 0 Å². The maximum absolute atomic E-state index is 12.1. The molecule has 2 rings (SSSR count). The molecule has 0 aromatic rings. The van der Waals surface area contributed by atoms with Crippen molar-refractivity contribution in [1.82, 2.24) is 10.0 Å². The first kappa shape index (κ1) is 13.3. The molecule has 0 aromatic carbocycles. The minimum Gasteiger partial charge on any atom is -0.316 e. The van der Waals surface area contributed by atoms with Crippen LogP contribution in [0, 0.1) is 5.92 Å². The van der Waals surface area contributed by atoms with Crippen LogP contribution in [0.2, 0.25) is 0 Å². The highest BCUT2D eigenvalue weighted by molar-refractivity contribution is 7.89. The summed E-state index contributed by atoms with van der Waals surface area (Å²) in [5.74, 6) is 0.581. The first-order valence-corrected chi connectivity index (χ1v) is 8.43. The third-order valence-electron chi connectivity index (χ3n) is 4.21. The number of nitrogens with one attached hydrogen (secondary N) is 2. The van der Waals surface area contributed by atoms with Gasteiger partial charge in [-0.2, -0.15) is 0 Å². The largest absolute Gasteiger partial charge is 0.316 e. The van der Waals surface area contributed by atoms with Crippen LogP contribution in [0.1, 0.15) is 45.4 Å². The van der Waals surface area contributed by atoms with Crippen molar-refractivity contribution in [1.29, 1.82) is 0 Å². The van der Waals surface area contributed by atoms with Gasteiger partial charge in [0.15, 0.2) is 0 Å². The smallest absolute Gasteiger partial charge is 0.212 e. The van der Waals surface area contributed by atoms with Crippen molar-refractivity contribution < 1.29 is 8.42 Å². The fourth-order valence-electron chi connectivity index (χ4n) is 2.88. The molecule has 1 aliphatic heterocycles. The van der Waals surface area contributed by atoms with Crippen molar-refractivity contribution in [2.45, 2.75) is 51.0 Å². The molecular weight excluding hydrogens is 236 g/mol. The molecule has 1 unspecified atom stereocenters. The zero-order chi connectivity index (χ0) is 12.4. The highest BCUT2D eigenvalue weighted by Gasteiger charge is 2.39. The lowest BCUT2D eigenvalue weighted by Crippen LogP contribution is -2.54. The van der Waals surface area contributed by atoms with Crippen LogP contribution in [-0.4, -0.2) is 32.8 Å². The first-order valence-electron chi connectivity index (χ1n) is 6.78. The summed E-state index contributed by atoms with van der Waals surface area (Å²) in [6.45, 7) is 3.95. The van der Waals surface area contributed by atoms with E-state index in [0.29, 0.717) is 5.75 Å². The molecule has 2 N–H and O–H groups in total. The van der Waals surface area contributed by atoms with E-state index in [1.54, 1.807) is 0 Å². The molecule has 0 bridgehead atoms. The lowest BCUT2D eigenvalue weighted by atomic mass is 9.76. The lowest BCUT2D eigenvalue weighted by Gasteiger charge is -2.41. The number of piperidine rings is 1. The Bertz CT molecular complexity index is 338. The van der Waals surface area contributed by atoms with Crippen molar-refractivity contribution in [3.63, 3.8) is 0 Å². The third-order valence-corrected chi connectivity index (χ3v) is 5.87. The summed E-state index contributed by atoms with van der Waals surface area (Å²) < 4.78 is 27.2. The number of hydrogen-bond acceptors (Lipinski definition) is 3. The van der Waals surface area contributed by atoms with Gasteiger partial charge >= 0.3 is 0 Å². The van der Waals surface area contributed by atoms with Crippen LogP contribution >= 0.6 is 0 Å². The number of rotatable bonds is 5. The molecule has 0 aromatic heterocycles. The standard InChI is InChI=1S/C12H24N2O2S/c1-2-12(6-4-7-12)14-17(15,16)10-11-5-3-8-13-9-11/h11,13-14H,2-10H2,1H3. The minimum atomic E-state index is -3.10. The maximum Gasteiger partial charge on any atom is 0.212 e. The van der Waals surface area contributed by atoms with Gasteiger partial charge in [-0.3, -0.25) is 0 Å². The number of sulfonamides is 1. The fourth-order valence-corrected chi connectivity index (χ4v) is 4.88. The molecule has 17 heavy (non-hydrogen) atoms. The van der Waals surface area contributed by atoms with Crippen LogP contribution in [0.25, 0.3) is 0 Å². The Morgan fingerprint density at radius 2 is 2.12 bits per heavy atom. The van der Waals surface area contributed by atoms with Crippen LogP contribution in [0.15, 0.2) is 0 Å². The summed E-state index contributed by atoms with van der Waals surface area (Å²) in [5, 5.41) is 3.27. The van der Waals surface area contributed by atoms with Gasteiger partial charge in [0.2, 0.25) is 10.0 Å². The molecule has 4 nitrogen and oxygen atoms in total. The molecule has 1 atom stereocenters. The lowest BCUT2D eigenvalue weighted by molar-refractivity contribution is 0.213. The van der Waals surface area contributed by atoms with E-state index in [0.717, 1.165) is 51.6 Å². The maximum atomic E-state index is 12.1. The van der Waals surface area contributed by atoms with Crippen molar-refractivity contribution in [3.05, 3.63) is 0 Å². The zero-order valence-corrected chi connectivity index (χ0v) is 11.5. The average Bonchev–Trinajstić information content (AvgIpc) is 2.24. The van der Waals surface area contributed by atoms with E-state index in [4.69, 9.17) is 0 Å². The van der Waals surface area contributed by atoms with Crippen LogP contribution in [0.3, 0.4) is 0 Å². The summed E-state index contributed by atoms with van der Waals surface area (Å²) >= 11 is 0. The highest BCUT2D eigenvalue weighted by atomic mass is 32.2. The predicted molar refractivity (Wildman–Crippen MR) is 69.4 cm³/mol. The van der Waals surface area contributed by atoms with E-state index >= 15 is 0 Å². The van der Waals surface area contributed by atoms with E-state index in [2.05, 4.69) is 17.0 Å². The van der Waals surface area contributed by atoms with E-state index in [1.165, 1.54) is 0 Å². The van der Waals surface area contributed by atoms with Gasteiger partial charge in [-0.15, -0.1) is 0 Å². The summed E-state index contributed by atoms with van der Waals surface area (Å²) in [4.78, 5) is 0. The van der Waals surface area contributed by atoms with E-state index < -0.39 is 10.0 Å². The van der Waals surface area contributed by atoms with Crippen LogP contribution in [-0.2, 0) is 10.0 Å². The molecule has 0 amide bonds. The molecule has 2 fully saturated rings. The molecule has 0 radical (unpaired) electrons. The molecule has 0 spiro atoms. The minimum absolute atomic E-state index is 0.110. The summed E-state index contributed by atoms with van der Waals surface area (Å²) in [6.07, 6.45) is 6.21. The highest BCUT2D eigenvalue weighted by Crippen LogP contribution is 2.35. The molecule has 1 heterocycles. The molecule has 5 heteroatoms. The quantitative estimate of drug-likeness (QED) is 0.782. The first-order chi connectivity index (χ1) is 8.05.